The van der Waals surface area contributed by atoms with Crippen LogP contribution in [0.2, 0.25) is 0 Å². The Labute approximate surface area is 171 Å². The van der Waals surface area contributed by atoms with Gasteiger partial charge < -0.3 is 15.0 Å². The quantitative estimate of drug-likeness (QED) is 0.681. The summed E-state index contributed by atoms with van der Waals surface area (Å²) < 4.78 is 5.38. The fourth-order valence-corrected chi connectivity index (χ4v) is 4.20. The average Bonchev–Trinajstić information content (AvgIpc) is 2.87. The van der Waals surface area contributed by atoms with Crippen LogP contribution in [-0.2, 0) is 14.3 Å². The number of ether oxygens (including phenoxy) is 1. The largest absolute Gasteiger partial charge is 0.444 e. The van der Waals surface area contributed by atoms with Crippen LogP contribution in [0.5, 0.6) is 0 Å². The van der Waals surface area contributed by atoms with Gasteiger partial charge in [0.1, 0.15) is 11.1 Å². The molecule has 162 valence electrons. The Morgan fingerprint density at radius 3 is 2.45 bits per heavy atom. The summed E-state index contributed by atoms with van der Waals surface area (Å²) in [5, 5.41) is 3.61. The number of nitrogens with one attached hydrogen (secondary N) is 2. The Balaban J connectivity index is 1.60. The summed E-state index contributed by atoms with van der Waals surface area (Å²) in [5.41, 5.74) is 0.983. The van der Waals surface area contributed by atoms with E-state index in [0.717, 1.165) is 17.9 Å². The highest BCUT2D eigenvalue weighted by Crippen LogP contribution is 2.36. The highest BCUT2D eigenvalue weighted by molar-refractivity contribution is 6.08. The summed E-state index contributed by atoms with van der Waals surface area (Å²) in [4.78, 5) is 51.8. The maximum atomic E-state index is 12.9. The normalized spacial score (nSPS) is 30.3. The smallest absolute Gasteiger partial charge is 0.410 e. The van der Waals surface area contributed by atoms with Crippen LogP contribution >= 0.6 is 0 Å². The summed E-state index contributed by atoms with van der Waals surface area (Å²) >= 11 is 0. The molecular formula is C20H32N4O5. The Bertz CT molecular complexity index is 693. The molecule has 1 atom stereocenters. The van der Waals surface area contributed by atoms with Crippen LogP contribution in [0.15, 0.2) is 0 Å². The second-order valence-electron chi connectivity index (χ2n) is 9.58. The van der Waals surface area contributed by atoms with E-state index in [1.165, 1.54) is 4.90 Å². The molecule has 29 heavy (non-hydrogen) atoms. The number of amides is 5. The summed E-state index contributed by atoms with van der Waals surface area (Å²) in [7, 11) is 0. The molecule has 9 heteroatoms. The first-order valence-electron chi connectivity index (χ1n) is 10.5. The van der Waals surface area contributed by atoms with Gasteiger partial charge in [0.15, 0.2) is 0 Å². The third-order valence-corrected chi connectivity index (χ3v) is 5.96. The summed E-state index contributed by atoms with van der Waals surface area (Å²) in [6.45, 7) is 8.22. The molecule has 2 aliphatic heterocycles. The second-order valence-corrected chi connectivity index (χ2v) is 9.58. The van der Waals surface area contributed by atoms with Gasteiger partial charge in [-0.1, -0.05) is 6.92 Å². The van der Waals surface area contributed by atoms with Crippen LogP contribution in [0.4, 0.5) is 9.59 Å². The zero-order valence-electron chi connectivity index (χ0n) is 17.7. The van der Waals surface area contributed by atoms with E-state index in [2.05, 4.69) is 17.7 Å². The van der Waals surface area contributed by atoms with Gasteiger partial charge in [-0.2, -0.15) is 5.01 Å². The third kappa shape index (κ3) is 4.64. The number of nitrogens with zero attached hydrogens (tertiary/aromatic N) is 2. The minimum atomic E-state index is -0.897. The van der Waals surface area contributed by atoms with Crippen molar-refractivity contribution in [3.05, 3.63) is 0 Å². The molecule has 5 amide bonds. The number of carbonyl (C=O) groups is 4. The summed E-state index contributed by atoms with van der Waals surface area (Å²) in [5.74, 6) is -0.791. The first-order valence-corrected chi connectivity index (χ1v) is 10.5. The predicted octanol–water partition coefficient (Wildman–Crippen LogP) is 2.17. The van der Waals surface area contributed by atoms with Gasteiger partial charge in [0, 0.05) is 13.1 Å². The minimum absolute atomic E-state index is 0.201. The topological polar surface area (TPSA) is 108 Å². The highest BCUT2D eigenvalue weighted by atomic mass is 16.6. The monoisotopic (exact) mass is 408 g/mol. The van der Waals surface area contributed by atoms with Gasteiger partial charge in [-0.15, -0.1) is 0 Å². The lowest BCUT2D eigenvalue weighted by Crippen LogP contribution is -2.54. The standard InChI is InChI=1S/C20H32N4O5/c1-13-7-9-20(10-8-13)16(26)24(17(27)21-20)22-15(25)14-6-5-11-23(12-14)18(28)29-19(2,3)4/h13-14H,5-12H2,1-4H3,(H,21,27)(H,22,25)/t13?,14-,20?/m1/s1. The number of carbonyl (C=O) groups excluding carboxylic acids is 4. The lowest BCUT2D eigenvalue weighted by Gasteiger charge is -2.34. The zero-order chi connectivity index (χ0) is 21.4. The van der Waals surface area contributed by atoms with Gasteiger partial charge in [0.05, 0.1) is 5.92 Å². The molecule has 2 saturated heterocycles. The van der Waals surface area contributed by atoms with Crippen molar-refractivity contribution in [2.24, 2.45) is 11.8 Å². The molecule has 0 aromatic rings. The van der Waals surface area contributed by atoms with E-state index < -0.39 is 35.1 Å². The van der Waals surface area contributed by atoms with Gasteiger partial charge in [-0.3, -0.25) is 15.0 Å². The molecule has 3 fully saturated rings. The Morgan fingerprint density at radius 2 is 1.83 bits per heavy atom. The zero-order valence-corrected chi connectivity index (χ0v) is 17.7. The maximum absolute atomic E-state index is 12.9. The molecule has 1 aliphatic carbocycles. The molecule has 3 aliphatic rings. The number of likely N-dealkylation sites (tertiary alicyclic amines) is 1. The average molecular weight is 408 g/mol. The van der Waals surface area contributed by atoms with E-state index >= 15 is 0 Å². The molecule has 3 rings (SSSR count). The third-order valence-electron chi connectivity index (χ3n) is 5.96. The van der Waals surface area contributed by atoms with Crippen molar-refractivity contribution < 1.29 is 23.9 Å². The second kappa shape index (κ2) is 7.84. The van der Waals surface area contributed by atoms with E-state index in [-0.39, 0.29) is 12.5 Å². The van der Waals surface area contributed by atoms with E-state index in [4.69, 9.17) is 4.74 Å². The number of piperidine rings is 1. The van der Waals surface area contributed by atoms with Crippen molar-refractivity contribution in [2.75, 3.05) is 13.1 Å². The fraction of sp³-hybridized carbons (Fsp3) is 0.800. The van der Waals surface area contributed by atoms with Crippen LogP contribution < -0.4 is 10.7 Å². The number of rotatable bonds is 2. The van der Waals surface area contributed by atoms with Crippen molar-refractivity contribution in [1.82, 2.24) is 20.7 Å². The lowest BCUT2D eigenvalue weighted by molar-refractivity contribution is -0.142. The first-order chi connectivity index (χ1) is 13.5. The van der Waals surface area contributed by atoms with Crippen LogP contribution in [0.25, 0.3) is 0 Å². The van der Waals surface area contributed by atoms with Gasteiger partial charge in [0.2, 0.25) is 5.91 Å². The van der Waals surface area contributed by atoms with Crippen LogP contribution in [-0.4, -0.2) is 58.1 Å². The fourth-order valence-electron chi connectivity index (χ4n) is 4.20. The summed E-state index contributed by atoms with van der Waals surface area (Å²) in [6, 6.07) is -0.585. The number of urea groups is 1. The molecule has 9 nitrogen and oxygen atoms in total. The molecule has 0 unspecified atom stereocenters. The molecule has 2 heterocycles. The molecule has 0 bridgehead atoms. The maximum Gasteiger partial charge on any atom is 0.410 e. The molecule has 0 aromatic heterocycles. The van der Waals surface area contributed by atoms with Crippen molar-refractivity contribution in [3.63, 3.8) is 0 Å². The van der Waals surface area contributed by atoms with Gasteiger partial charge in [-0.05, 0) is 65.2 Å². The molecule has 0 radical (unpaired) electrons. The summed E-state index contributed by atoms with van der Waals surface area (Å²) in [6.07, 6.45) is 3.67. The van der Waals surface area contributed by atoms with Gasteiger partial charge in [-0.25, -0.2) is 9.59 Å². The van der Waals surface area contributed by atoms with Crippen molar-refractivity contribution in [2.45, 2.75) is 77.4 Å². The Hall–Kier alpha value is -2.32. The minimum Gasteiger partial charge on any atom is -0.444 e. The number of hydrogen-bond acceptors (Lipinski definition) is 5. The van der Waals surface area contributed by atoms with Crippen molar-refractivity contribution in [3.8, 4) is 0 Å². The van der Waals surface area contributed by atoms with E-state index in [0.29, 0.717) is 38.1 Å². The van der Waals surface area contributed by atoms with E-state index in [1.807, 2.05) is 0 Å². The van der Waals surface area contributed by atoms with Crippen LogP contribution in [0, 0.1) is 11.8 Å². The number of hydrogen-bond donors (Lipinski definition) is 2. The van der Waals surface area contributed by atoms with Crippen molar-refractivity contribution >= 4 is 23.9 Å². The molecule has 2 N–H and O–H groups in total. The molecular weight excluding hydrogens is 376 g/mol. The molecule has 0 aromatic carbocycles. The number of imide groups is 1. The lowest BCUT2D eigenvalue weighted by atomic mass is 9.77. The van der Waals surface area contributed by atoms with Gasteiger partial charge >= 0.3 is 12.1 Å². The van der Waals surface area contributed by atoms with E-state index in [1.54, 1.807) is 20.8 Å². The first kappa shape index (κ1) is 21.4. The Morgan fingerprint density at radius 1 is 1.17 bits per heavy atom. The van der Waals surface area contributed by atoms with Gasteiger partial charge in [0.25, 0.3) is 5.91 Å². The SMILES string of the molecule is CC1CCC2(CC1)NC(=O)N(NC(=O)[C@@H]1CCCN(C(=O)OC(C)(C)C)C1)C2=O. The van der Waals surface area contributed by atoms with Crippen LogP contribution in [0.3, 0.4) is 0 Å². The molecule has 1 saturated carbocycles. The van der Waals surface area contributed by atoms with E-state index in [9.17, 15) is 19.2 Å². The Kier molecular flexibility index (Phi) is 5.78. The molecule has 1 spiro atoms. The van der Waals surface area contributed by atoms with Crippen molar-refractivity contribution in [1.29, 1.82) is 0 Å². The van der Waals surface area contributed by atoms with Crippen LogP contribution in [0.1, 0.15) is 66.2 Å². The number of hydrazine groups is 1. The predicted molar refractivity (Wildman–Crippen MR) is 104 cm³/mol. The highest BCUT2D eigenvalue weighted by Gasteiger charge is 2.53.